The first-order valence-electron chi connectivity index (χ1n) is 21.8. The molecule has 0 aliphatic carbocycles. The lowest BCUT2D eigenvalue weighted by Crippen LogP contribution is -2.37. The molecule has 0 spiro atoms. The van der Waals surface area contributed by atoms with Crippen molar-refractivity contribution in [3.05, 3.63) is 110 Å². The van der Waals surface area contributed by atoms with Crippen LogP contribution in [0.4, 0.5) is 11.6 Å². The van der Waals surface area contributed by atoms with Gasteiger partial charge in [-0.05, 0) is 42.5 Å². The van der Waals surface area contributed by atoms with Crippen LogP contribution in [-0.2, 0) is 23.6 Å². The Bertz CT molecular complexity index is 3410. The van der Waals surface area contributed by atoms with E-state index in [9.17, 15) is 0 Å². The van der Waals surface area contributed by atoms with Crippen LogP contribution in [0.15, 0.2) is 115 Å². The molecule has 0 atom stereocenters. The van der Waals surface area contributed by atoms with E-state index < -0.39 is 0 Å². The van der Waals surface area contributed by atoms with Gasteiger partial charge in [-0.2, -0.15) is 0 Å². The number of nitrogens with zero attached hydrogens (tertiary/aromatic N) is 16. The summed E-state index contributed by atoms with van der Waals surface area (Å²) in [4.78, 5) is 64.3. The molecule has 9 aromatic heterocycles. The maximum Gasteiger partial charge on any atom is 0.184 e. The zero-order valence-corrected chi connectivity index (χ0v) is 36.4. The van der Waals surface area contributed by atoms with Crippen LogP contribution < -0.4 is 9.80 Å². The fourth-order valence-electron chi connectivity index (χ4n) is 8.50. The summed E-state index contributed by atoms with van der Waals surface area (Å²) in [5.74, 6) is 4.51. The smallest absolute Gasteiger partial charge is 0.184 e. The van der Waals surface area contributed by atoms with E-state index in [1.807, 2.05) is 96.0 Å². The highest BCUT2D eigenvalue weighted by molar-refractivity contribution is 5.90. The molecule has 19 heteroatoms. The van der Waals surface area contributed by atoms with Gasteiger partial charge in [0.25, 0.3) is 0 Å². The molecule has 330 valence electrons. The minimum atomic E-state index is 0.378. The van der Waals surface area contributed by atoms with Crippen molar-refractivity contribution >= 4 is 34.0 Å². The Kier molecular flexibility index (Phi) is 10.1. The van der Waals surface area contributed by atoms with Crippen molar-refractivity contribution in [2.24, 2.45) is 14.1 Å². The first-order chi connectivity index (χ1) is 33.0. The van der Waals surface area contributed by atoms with Gasteiger partial charge in [0.2, 0.25) is 0 Å². The maximum absolute atomic E-state index is 5.77. The number of rotatable bonds is 9. The van der Waals surface area contributed by atoms with E-state index in [-0.39, 0.29) is 0 Å². The van der Waals surface area contributed by atoms with E-state index in [0.717, 1.165) is 39.7 Å². The summed E-state index contributed by atoms with van der Waals surface area (Å²) in [6.07, 6.45) is 10.2. The Morgan fingerprint density at radius 3 is 1.63 bits per heavy atom. The third-order valence-corrected chi connectivity index (χ3v) is 11.9. The van der Waals surface area contributed by atoms with Gasteiger partial charge in [-0.1, -0.05) is 30.3 Å². The van der Waals surface area contributed by atoms with Crippen LogP contribution in [0.3, 0.4) is 0 Å². The normalized spacial score (nSPS) is 14.4. The molecular weight excluding hydrogens is 849 g/mol. The van der Waals surface area contributed by atoms with Gasteiger partial charge in [-0.15, -0.1) is 0 Å². The standard InChI is InChI=1S/C48H40N16O3/c1-61-38-43(60-45(61)31-10-15-50-16-11-31)56-41(59-48(38)64-19-24-66-25-20-64)35-26-33(51-39(53-35)29-6-4-3-5-7-29)34-27-36(54-40(52-34)32-12-21-67-28-32)42-57-46-37(47(58-42)63-17-22-65-23-18-63)55-44(62(46)2)30-8-13-49-14-9-30/h3-16,21,26-28H,17-20,22-25H2,1-2H3. The molecular formula is C48H40N16O3. The van der Waals surface area contributed by atoms with Gasteiger partial charge >= 0.3 is 0 Å². The number of benzene rings is 1. The second kappa shape index (κ2) is 16.9. The molecule has 11 heterocycles. The van der Waals surface area contributed by atoms with Crippen molar-refractivity contribution in [2.75, 3.05) is 62.4 Å². The molecule has 0 bridgehead atoms. The van der Waals surface area contributed by atoms with E-state index >= 15 is 0 Å². The number of morpholine rings is 2. The molecule has 2 fully saturated rings. The zero-order valence-electron chi connectivity index (χ0n) is 36.4. The van der Waals surface area contributed by atoms with Gasteiger partial charge in [0, 0.05) is 81.8 Å². The summed E-state index contributed by atoms with van der Waals surface area (Å²) in [6.45, 7) is 4.83. The summed E-state index contributed by atoms with van der Waals surface area (Å²) >= 11 is 0. The molecule has 2 aliphatic heterocycles. The van der Waals surface area contributed by atoms with E-state index in [1.165, 1.54) is 0 Å². The third kappa shape index (κ3) is 7.44. The van der Waals surface area contributed by atoms with Gasteiger partial charge in [-0.25, -0.2) is 49.8 Å². The summed E-state index contributed by atoms with van der Waals surface area (Å²) in [5.41, 5.74) is 7.87. The predicted molar refractivity (Wildman–Crippen MR) is 249 cm³/mol. The SMILES string of the molecule is Cn1c(-c2ccncc2)nc2c(N3CCOCC3)nc(-c3cc(-c4cc(-c5nc(N6CCOCC6)c6c(n5)nc(-c5ccncc5)n6C)nc(-c5ccccc5)n4)nc(-c4ccoc4)n3)nc21. The highest BCUT2D eigenvalue weighted by Crippen LogP contribution is 2.36. The number of fused-ring (bicyclic) bond motifs is 2. The topological polar surface area (TPSA) is 203 Å². The fraction of sp³-hybridized carbons (Fsp3) is 0.208. The molecule has 12 rings (SSSR count). The van der Waals surface area contributed by atoms with Gasteiger partial charge < -0.3 is 32.8 Å². The monoisotopic (exact) mass is 888 g/mol. The number of aryl methyl sites for hydroxylation is 2. The average Bonchev–Trinajstić information content (AvgIpc) is 4.15. The number of aromatic nitrogens is 14. The number of imidazole rings is 2. The van der Waals surface area contributed by atoms with Gasteiger partial charge in [0.15, 0.2) is 51.7 Å². The second-order valence-corrected chi connectivity index (χ2v) is 16.0. The van der Waals surface area contributed by atoms with E-state index in [4.69, 9.17) is 63.7 Å². The van der Waals surface area contributed by atoms with Gasteiger partial charge in [-0.3, -0.25) is 9.97 Å². The Morgan fingerprint density at radius 1 is 0.463 bits per heavy atom. The number of hydrogen-bond donors (Lipinski definition) is 0. The van der Waals surface area contributed by atoms with Crippen LogP contribution in [0, 0.1) is 0 Å². The zero-order chi connectivity index (χ0) is 44.8. The van der Waals surface area contributed by atoms with Crippen molar-refractivity contribution in [3.8, 4) is 80.0 Å². The Morgan fingerprint density at radius 2 is 1.01 bits per heavy atom. The van der Waals surface area contributed by atoms with Gasteiger partial charge in [0.05, 0.1) is 49.6 Å². The lowest BCUT2D eigenvalue weighted by atomic mass is 10.1. The highest BCUT2D eigenvalue weighted by atomic mass is 16.5. The largest absolute Gasteiger partial charge is 0.472 e. The molecule has 0 N–H and O–H groups in total. The molecule has 0 unspecified atom stereocenters. The van der Waals surface area contributed by atoms with Crippen LogP contribution in [0.1, 0.15) is 0 Å². The van der Waals surface area contributed by atoms with Crippen LogP contribution in [0.2, 0.25) is 0 Å². The van der Waals surface area contributed by atoms with Crippen LogP contribution >= 0.6 is 0 Å². The molecule has 10 aromatic rings. The summed E-state index contributed by atoms with van der Waals surface area (Å²) in [7, 11) is 3.94. The maximum atomic E-state index is 5.77. The lowest BCUT2D eigenvalue weighted by molar-refractivity contribution is 0.122. The second-order valence-electron chi connectivity index (χ2n) is 16.0. The minimum Gasteiger partial charge on any atom is -0.472 e. The Hall–Kier alpha value is -8.42. The Labute approximate surface area is 382 Å². The number of ether oxygens (including phenoxy) is 2. The van der Waals surface area contributed by atoms with Crippen LogP contribution in [0.5, 0.6) is 0 Å². The van der Waals surface area contributed by atoms with Crippen molar-refractivity contribution in [1.29, 1.82) is 0 Å². The van der Waals surface area contributed by atoms with Crippen LogP contribution in [0.25, 0.3) is 102 Å². The van der Waals surface area contributed by atoms with E-state index in [2.05, 4.69) is 19.8 Å². The number of hydrogen-bond acceptors (Lipinski definition) is 17. The van der Waals surface area contributed by atoms with Crippen molar-refractivity contribution in [1.82, 2.24) is 68.9 Å². The molecule has 2 saturated heterocycles. The van der Waals surface area contributed by atoms with Crippen LogP contribution in [-0.4, -0.2) is 122 Å². The fourth-order valence-corrected chi connectivity index (χ4v) is 8.50. The molecule has 0 radical (unpaired) electrons. The molecule has 0 amide bonds. The van der Waals surface area contributed by atoms with E-state index in [1.54, 1.807) is 37.3 Å². The van der Waals surface area contributed by atoms with E-state index in [0.29, 0.717) is 127 Å². The number of furan rings is 1. The molecule has 2 aliphatic rings. The number of pyridine rings is 2. The minimum absolute atomic E-state index is 0.378. The van der Waals surface area contributed by atoms with Gasteiger partial charge in [0.1, 0.15) is 34.8 Å². The van der Waals surface area contributed by atoms with Crippen molar-refractivity contribution in [2.45, 2.75) is 0 Å². The quantitative estimate of drug-likeness (QED) is 0.155. The predicted octanol–water partition coefficient (Wildman–Crippen LogP) is 6.35. The molecule has 19 nitrogen and oxygen atoms in total. The summed E-state index contributed by atoms with van der Waals surface area (Å²) < 4.78 is 21.1. The first kappa shape index (κ1) is 40.1. The van der Waals surface area contributed by atoms with Crippen molar-refractivity contribution in [3.63, 3.8) is 0 Å². The molecule has 0 saturated carbocycles. The number of anilines is 2. The van der Waals surface area contributed by atoms with Crippen molar-refractivity contribution < 1.29 is 13.9 Å². The Balaban J connectivity index is 1.06. The third-order valence-electron chi connectivity index (χ3n) is 11.9. The summed E-state index contributed by atoms with van der Waals surface area (Å²) in [5, 5.41) is 0. The average molecular weight is 889 g/mol. The highest BCUT2D eigenvalue weighted by Gasteiger charge is 2.27. The molecule has 67 heavy (non-hydrogen) atoms. The molecule has 1 aromatic carbocycles. The lowest BCUT2D eigenvalue weighted by Gasteiger charge is -2.28. The first-order valence-corrected chi connectivity index (χ1v) is 21.8. The summed E-state index contributed by atoms with van der Waals surface area (Å²) in [6, 6.07) is 23.1.